The number of aryl methyl sites for hydroxylation is 2. The molecule has 0 spiro atoms. The highest BCUT2D eigenvalue weighted by atomic mass is 32.1. The molecule has 4 rings (SSSR count). The topological polar surface area (TPSA) is 80.7 Å². The Morgan fingerprint density at radius 2 is 2.11 bits per heavy atom. The quantitative estimate of drug-likeness (QED) is 0.682. The highest BCUT2D eigenvalue weighted by molar-refractivity contribution is 7.15. The molecule has 0 aromatic carbocycles. The zero-order valence-corrected chi connectivity index (χ0v) is 16.8. The van der Waals surface area contributed by atoms with Crippen LogP contribution in [0.1, 0.15) is 32.9 Å². The monoisotopic (exact) mass is 401 g/mol. The van der Waals surface area contributed by atoms with E-state index in [4.69, 9.17) is 13.6 Å². The summed E-state index contributed by atoms with van der Waals surface area (Å²) in [6.07, 6.45) is 1.60. The number of hydrogen-bond acceptors (Lipinski definition) is 7. The number of carbonyl (C=O) groups is 1. The van der Waals surface area contributed by atoms with E-state index in [1.165, 1.54) is 11.3 Å². The van der Waals surface area contributed by atoms with Crippen molar-refractivity contribution in [3.63, 3.8) is 0 Å². The van der Waals surface area contributed by atoms with Crippen LogP contribution in [0, 0.1) is 13.8 Å². The molecule has 1 aliphatic rings. The highest BCUT2D eigenvalue weighted by Gasteiger charge is 2.26. The van der Waals surface area contributed by atoms with E-state index in [2.05, 4.69) is 15.2 Å². The van der Waals surface area contributed by atoms with Gasteiger partial charge >= 0.3 is 0 Å². The molecule has 8 heteroatoms. The number of ether oxygens (including phenoxy) is 1. The highest BCUT2D eigenvalue weighted by Crippen LogP contribution is 2.28. The first kappa shape index (κ1) is 18.9. The third-order valence-corrected chi connectivity index (χ3v) is 5.76. The van der Waals surface area contributed by atoms with Gasteiger partial charge in [-0.1, -0.05) is 0 Å². The van der Waals surface area contributed by atoms with Crippen molar-refractivity contribution in [1.82, 2.24) is 15.2 Å². The number of nitrogens with zero attached hydrogens (tertiary/aromatic N) is 2. The molecule has 1 atom stereocenters. The van der Waals surface area contributed by atoms with E-state index in [9.17, 15) is 4.79 Å². The number of aromatic nitrogens is 1. The summed E-state index contributed by atoms with van der Waals surface area (Å²) in [6.45, 7) is 7.24. The fourth-order valence-electron chi connectivity index (χ4n) is 3.32. The maximum absolute atomic E-state index is 12.8. The first-order valence-corrected chi connectivity index (χ1v) is 10.1. The Labute approximate surface area is 167 Å². The molecule has 0 saturated carbocycles. The summed E-state index contributed by atoms with van der Waals surface area (Å²) >= 11 is 1.45. The summed E-state index contributed by atoms with van der Waals surface area (Å²) in [6, 6.07) is 7.54. The van der Waals surface area contributed by atoms with Crippen LogP contribution in [0.3, 0.4) is 0 Å². The lowest BCUT2D eigenvalue weighted by Crippen LogP contribution is -2.43. The second-order valence-electron chi connectivity index (χ2n) is 6.72. The number of carbonyl (C=O) groups excluding carboxylic acids is 1. The molecule has 1 saturated heterocycles. The lowest BCUT2D eigenvalue weighted by molar-refractivity contribution is 0.0117. The van der Waals surface area contributed by atoms with Crippen LogP contribution in [0.15, 0.2) is 39.4 Å². The van der Waals surface area contributed by atoms with Gasteiger partial charge in [0.05, 0.1) is 25.5 Å². The van der Waals surface area contributed by atoms with Crippen molar-refractivity contribution in [1.29, 1.82) is 0 Å². The summed E-state index contributed by atoms with van der Waals surface area (Å²) in [4.78, 5) is 20.4. The number of nitrogens with one attached hydrogen (secondary N) is 1. The first-order valence-electron chi connectivity index (χ1n) is 9.29. The molecule has 0 bridgehead atoms. The van der Waals surface area contributed by atoms with Crippen molar-refractivity contribution >= 4 is 17.2 Å². The smallest absolute Gasteiger partial charge is 0.271 e. The van der Waals surface area contributed by atoms with Gasteiger partial charge in [-0.2, -0.15) is 0 Å². The molecule has 1 N–H and O–H groups in total. The van der Waals surface area contributed by atoms with E-state index in [0.29, 0.717) is 36.2 Å². The van der Waals surface area contributed by atoms with Crippen LogP contribution in [0.5, 0.6) is 0 Å². The Morgan fingerprint density at radius 3 is 2.79 bits per heavy atom. The molecule has 1 amide bonds. The largest absolute Gasteiger partial charge is 0.465 e. The number of morpholine rings is 1. The first-order chi connectivity index (χ1) is 13.6. The molecular weight excluding hydrogens is 378 g/mol. The molecular formula is C20H23N3O4S. The van der Waals surface area contributed by atoms with Crippen LogP contribution in [0.25, 0.3) is 10.8 Å². The molecule has 1 aliphatic heterocycles. The molecule has 28 heavy (non-hydrogen) atoms. The predicted molar refractivity (Wildman–Crippen MR) is 105 cm³/mol. The van der Waals surface area contributed by atoms with Gasteiger partial charge in [0.25, 0.3) is 5.91 Å². The van der Waals surface area contributed by atoms with Crippen molar-refractivity contribution in [2.24, 2.45) is 0 Å². The predicted octanol–water partition coefficient (Wildman–Crippen LogP) is 3.42. The van der Waals surface area contributed by atoms with E-state index in [1.54, 1.807) is 6.26 Å². The minimum absolute atomic E-state index is 0.0370. The minimum Gasteiger partial charge on any atom is -0.465 e. The van der Waals surface area contributed by atoms with Gasteiger partial charge in [0, 0.05) is 24.5 Å². The summed E-state index contributed by atoms with van der Waals surface area (Å²) in [5.74, 6) is 2.20. The van der Waals surface area contributed by atoms with Crippen molar-refractivity contribution in [3.05, 3.63) is 52.6 Å². The molecule has 1 unspecified atom stereocenters. The molecule has 1 fully saturated rings. The second kappa shape index (κ2) is 8.30. The Balaban J connectivity index is 1.48. The van der Waals surface area contributed by atoms with Gasteiger partial charge in [-0.05, 0) is 38.1 Å². The van der Waals surface area contributed by atoms with E-state index in [1.807, 2.05) is 38.1 Å². The van der Waals surface area contributed by atoms with E-state index >= 15 is 0 Å². The van der Waals surface area contributed by atoms with Gasteiger partial charge in [-0.25, -0.2) is 4.98 Å². The molecule has 148 valence electrons. The van der Waals surface area contributed by atoms with Crippen LogP contribution in [-0.2, 0) is 4.74 Å². The molecule has 3 aromatic heterocycles. The third-order valence-electron chi connectivity index (χ3n) is 4.78. The number of rotatable bonds is 6. The average molecular weight is 401 g/mol. The van der Waals surface area contributed by atoms with Crippen LogP contribution in [0.4, 0.5) is 0 Å². The van der Waals surface area contributed by atoms with Gasteiger partial charge in [-0.15, -0.1) is 11.3 Å². The molecule has 3 aromatic rings. The van der Waals surface area contributed by atoms with E-state index < -0.39 is 0 Å². The second-order valence-corrected chi connectivity index (χ2v) is 7.93. The van der Waals surface area contributed by atoms with Gasteiger partial charge in [0.1, 0.15) is 17.2 Å². The lowest BCUT2D eigenvalue weighted by atomic mass is 10.1. The zero-order chi connectivity index (χ0) is 19.5. The van der Waals surface area contributed by atoms with Gasteiger partial charge in [-0.3, -0.25) is 9.69 Å². The van der Waals surface area contributed by atoms with Crippen LogP contribution in [-0.4, -0.2) is 48.6 Å². The Morgan fingerprint density at radius 1 is 1.29 bits per heavy atom. The summed E-state index contributed by atoms with van der Waals surface area (Å²) < 4.78 is 16.7. The van der Waals surface area contributed by atoms with Crippen LogP contribution >= 0.6 is 11.3 Å². The normalized spacial score (nSPS) is 16.2. The zero-order valence-electron chi connectivity index (χ0n) is 15.9. The van der Waals surface area contributed by atoms with Gasteiger partial charge in [0.15, 0.2) is 10.8 Å². The Kier molecular flexibility index (Phi) is 5.61. The van der Waals surface area contributed by atoms with Crippen molar-refractivity contribution in [3.8, 4) is 10.8 Å². The van der Waals surface area contributed by atoms with E-state index in [0.717, 1.165) is 29.5 Å². The molecule has 4 heterocycles. The minimum atomic E-state index is -0.187. The van der Waals surface area contributed by atoms with E-state index in [-0.39, 0.29) is 11.9 Å². The van der Waals surface area contributed by atoms with Gasteiger partial charge in [0.2, 0.25) is 0 Å². The fraction of sp³-hybridized carbons (Fsp3) is 0.400. The van der Waals surface area contributed by atoms with Gasteiger partial charge < -0.3 is 18.9 Å². The summed E-state index contributed by atoms with van der Waals surface area (Å²) in [5, 5.41) is 3.74. The Hall–Kier alpha value is -2.42. The number of furan rings is 2. The molecule has 0 aliphatic carbocycles. The SMILES string of the molecule is Cc1ccc(C(CNC(=O)c2nc(-c3ccco3)sc2C)N2CCOCC2)o1. The number of hydrogen-bond donors (Lipinski definition) is 1. The number of thiazole rings is 1. The van der Waals surface area contributed by atoms with Crippen molar-refractivity contribution < 1.29 is 18.4 Å². The van der Waals surface area contributed by atoms with Crippen molar-refractivity contribution in [2.75, 3.05) is 32.8 Å². The Bertz CT molecular complexity index is 925. The average Bonchev–Trinajstić information content (AvgIpc) is 3.44. The number of amides is 1. The van der Waals surface area contributed by atoms with Crippen LogP contribution < -0.4 is 5.32 Å². The fourth-order valence-corrected chi connectivity index (χ4v) is 4.20. The molecule has 0 radical (unpaired) electrons. The maximum atomic E-state index is 12.8. The third kappa shape index (κ3) is 4.04. The lowest BCUT2D eigenvalue weighted by Gasteiger charge is -2.33. The molecule has 7 nitrogen and oxygen atoms in total. The standard InChI is InChI=1S/C20H23N3O4S/c1-13-5-6-16(27-13)15(23-7-10-25-11-8-23)12-21-19(24)18-14(2)28-20(22-18)17-4-3-9-26-17/h3-6,9,15H,7-8,10-12H2,1-2H3,(H,21,24). The summed E-state index contributed by atoms with van der Waals surface area (Å²) in [5.41, 5.74) is 0.438. The van der Waals surface area contributed by atoms with Crippen LogP contribution in [0.2, 0.25) is 0 Å². The summed E-state index contributed by atoms with van der Waals surface area (Å²) in [7, 11) is 0. The maximum Gasteiger partial charge on any atom is 0.271 e. The van der Waals surface area contributed by atoms with Crippen molar-refractivity contribution in [2.45, 2.75) is 19.9 Å².